The molecule has 0 spiro atoms. The number of ether oxygens (including phenoxy) is 1. The predicted molar refractivity (Wildman–Crippen MR) is 126 cm³/mol. The van der Waals surface area contributed by atoms with Crippen LogP contribution in [0, 0.1) is 0 Å². The van der Waals surface area contributed by atoms with Crippen molar-refractivity contribution in [3.8, 4) is 17.0 Å². The van der Waals surface area contributed by atoms with E-state index >= 15 is 0 Å². The highest BCUT2D eigenvalue weighted by Gasteiger charge is 2.45. The molecule has 1 atom stereocenters. The zero-order valence-electron chi connectivity index (χ0n) is 18.3. The molecule has 0 radical (unpaired) electrons. The summed E-state index contributed by atoms with van der Waals surface area (Å²) < 4.78 is 5.99. The first-order valence-corrected chi connectivity index (χ1v) is 11.9. The number of nitrogens with one attached hydrogen (secondary N) is 1. The zero-order chi connectivity index (χ0) is 22.1. The Labute approximate surface area is 193 Å². The van der Waals surface area contributed by atoms with Crippen molar-refractivity contribution >= 4 is 17.5 Å². The molecule has 2 heterocycles. The van der Waals surface area contributed by atoms with Gasteiger partial charge >= 0.3 is 0 Å². The van der Waals surface area contributed by atoms with E-state index < -0.39 is 0 Å². The maximum Gasteiger partial charge on any atom is 0.273 e. The molecule has 1 unspecified atom stereocenters. The first kappa shape index (κ1) is 21.1. The fourth-order valence-corrected chi connectivity index (χ4v) is 5.11. The Morgan fingerprint density at radius 2 is 1.94 bits per heavy atom. The normalized spacial score (nSPS) is 18.4. The number of halogens is 1. The maximum absolute atomic E-state index is 13.6. The molecule has 5 nitrogen and oxygen atoms in total. The lowest BCUT2D eigenvalue weighted by molar-refractivity contribution is 0.0660. The van der Waals surface area contributed by atoms with Gasteiger partial charge in [-0.2, -0.15) is 5.10 Å². The number of rotatable bonds is 7. The zero-order valence-corrected chi connectivity index (χ0v) is 19.1. The van der Waals surface area contributed by atoms with Crippen LogP contribution in [0.2, 0.25) is 5.02 Å². The molecule has 0 saturated heterocycles. The largest absolute Gasteiger partial charge is 0.494 e. The van der Waals surface area contributed by atoms with E-state index in [4.69, 9.17) is 16.3 Å². The van der Waals surface area contributed by atoms with Crippen LogP contribution in [0.3, 0.4) is 0 Å². The molecular weight excluding hydrogens is 422 g/mol. The standard InChI is InChI=1S/C26H28ClN3O2/c1-2-3-15-32-21-10-6-7-18(16-21)25-22-23(17-11-13-19(27)14-12-17)28-29-24(22)26(31)30(25)20-8-4-5-9-20/h6-7,10-14,16,20,25H,2-5,8-9,15H2,1H3,(H,28,29). The molecular formula is C26H28ClN3O2. The average molecular weight is 450 g/mol. The summed E-state index contributed by atoms with van der Waals surface area (Å²) in [6.07, 6.45) is 6.53. The summed E-state index contributed by atoms with van der Waals surface area (Å²) in [6, 6.07) is 15.9. The van der Waals surface area contributed by atoms with Gasteiger partial charge in [-0.15, -0.1) is 0 Å². The topological polar surface area (TPSA) is 58.2 Å². The molecule has 1 N–H and O–H groups in total. The van der Waals surface area contributed by atoms with Crippen LogP contribution in [-0.2, 0) is 0 Å². The van der Waals surface area contributed by atoms with Gasteiger partial charge in [0.1, 0.15) is 11.4 Å². The highest BCUT2D eigenvalue weighted by atomic mass is 35.5. The molecule has 166 valence electrons. The van der Waals surface area contributed by atoms with Crippen LogP contribution >= 0.6 is 11.6 Å². The van der Waals surface area contributed by atoms with Gasteiger partial charge in [-0.25, -0.2) is 0 Å². The first-order chi connectivity index (χ1) is 15.7. The number of carbonyl (C=O) groups is 1. The number of carbonyl (C=O) groups excluding carboxylic acids is 1. The van der Waals surface area contributed by atoms with E-state index in [1.54, 1.807) is 0 Å². The summed E-state index contributed by atoms with van der Waals surface area (Å²) in [6.45, 7) is 2.85. The van der Waals surface area contributed by atoms with Crippen LogP contribution in [0.15, 0.2) is 48.5 Å². The Morgan fingerprint density at radius 1 is 1.16 bits per heavy atom. The van der Waals surface area contributed by atoms with Gasteiger partial charge in [0.05, 0.1) is 18.3 Å². The Balaban J connectivity index is 1.59. The fourth-order valence-electron chi connectivity index (χ4n) is 4.99. The van der Waals surface area contributed by atoms with E-state index in [1.165, 1.54) is 0 Å². The molecule has 1 aliphatic carbocycles. The van der Waals surface area contributed by atoms with Gasteiger partial charge in [-0.05, 0) is 49.1 Å². The Hall–Kier alpha value is -2.79. The highest BCUT2D eigenvalue weighted by molar-refractivity contribution is 6.30. The molecule has 0 bridgehead atoms. The molecule has 32 heavy (non-hydrogen) atoms. The molecule has 1 aliphatic heterocycles. The smallest absolute Gasteiger partial charge is 0.273 e. The fraction of sp³-hybridized carbons (Fsp3) is 0.385. The van der Waals surface area contributed by atoms with Gasteiger partial charge in [0.2, 0.25) is 0 Å². The maximum atomic E-state index is 13.6. The number of unbranched alkanes of at least 4 members (excludes halogenated alkanes) is 1. The minimum atomic E-state index is -0.181. The second kappa shape index (κ2) is 8.99. The minimum Gasteiger partial charge on any atom is -0.494 e. The summed E-state index contributed by atoms with van der Waals surface area (Å²) in [5, 5.41) is 8.29. The van der Waals surface area contributed by atoms with Crippen molar-refractivity contribution in [2.24, 2.45) is 0 Å². The number of fused-ring (bicyclic) bond motifs is 1. The number of hydrogen-bond acceptors (Lipinski definition) is 3. The van der Waals surface area contributed by atoms with Crippen molar-refractivity contribution in [1.29, 1.82) is 0 Å². The SMILES string of the molecule is CCCCOc1cccc(C2c3c(-c4ccc(Cl)cc4)n[nH]c3C(=O)N2C2CCCC2)c1. The lowest BCUT2D eigenvalue weighted by atomic mass is 9.95. The van der Waals surface area contributed by atoms with Crippen molar-refractivity contribution in [3.63, 3.8) is 0 Å². The highest BCUT2D eigenvalue weighted by Crippen LogP contribution is 2.46. The average Bonchev–Trinajstić information content (AvgIpc) is 3.53. The van der Waals surface area contributed by atoms with E-state index in [2.05, 4.69) is 34.2 Å². The van der Waals surface area contributed by atoms with Crippen LogP contribution in [0.5, 0.6) is 5.75 Å². The minimum absolute atomic E-state index is 0.0434. The van der Waals surface area contributed by atoms with Crippen molar-refractivity contribution in [1.82, 2.24) is 15.1 Å². The summed E-state index contributed by atoms with van der Waals surface area (Å²) in [7, 11) is 0. The molecule has 2 aliphatic rings. The van der Waals surface area contributed by atoms with Crippen molar-refractivity contribution < 1.29 is 9.53 Å². The van der Waals surface area contributed by atoms with Crippen LogP contribution in [0.25, 0.3) is 11.3 Å². The van der Waals surface area contributed by atoms with Gasteiger partial charge in [0.25, 0.3) is 5.91 Å². The van der Waals surface area contributed by atoms with Crippen molar-refractivity contribution in [2.75, 3.05) is 6.61 Å². The second-order valence-electron chi connectivity index (χ2n) is 8.70. The molecule has 1 fully saturated rings. The molecule has 3 aromatic rings. The number of aromatic amines is 1. The van der Waals surface area contributed by atoms with Gasteiger partial charge in [-0.3, -0.25) is 9.89 Å². The number of amides is 1. The Morgan fingerprint density at radius 3 is 2.69 bits per heavy atom. The quantitative estimate of drug-likeness (QED) is 0.425. The third-order valence-corrected chi connectivity index (χ3v) is 6.83. The molecule has 2 aromatic carbocycles. The monoisotopic (exact) mass is 449 g/mol. The predicted octanol–water partition coefficient (Wildman–Crippen LogP) is 6.40. The van der Waals surface area contributed by atoms with Crippen LogP contribution in [0.4, 0.5) is 0 Å². The van der Waals surface area contributed by atoms with E-state index in [1.807, 2.05) is 36.4 Å². The van der Waals surface area contributed by atoms with Crippen molar-refractivity contribution in [2.45, 2.75) is 57.5 Å². The van der Waals surface area contributed by atoms with Crippen LogP contribution < -0.4 is 4.74 Å². The van der Waals surface area contributed by atoms with Gasteiger partial charge in [-0.1, -0.05) is 62.1 Å². The summed E-state index contributed by atoms with van der Waals surface area (Å²) >= 11 is 6.11. The third kappa shape index (κ3) is 3.79. The summed E-state index contributed by atoms with van der Waals surface area (Å²) in [5.41, 5.74) is 4.38. The van der Waals surface area contributed by atoms with E-state index in [9.17, 15) is 4.79 Å². The van der Waals surface area contributed by atoms with E-state index in [0.717, 1.165) is 66.7 Å². The Kier molecular flexibility index (Phi) is 5.92. The number of nitrogens with zero attached hydrogens (tertiary/aromatic N) is 2. The molecule has 1 saturated carbocycles. The van der Waals surface area contributed by atoms with Gasteiger partial charge < -0.3 is 9.64 Å². The van der Waals surface area contributed by atoms with E-state index in [0.29, 0.717) is 17.3 Å². The van der Waals surface area contributed by atoms with Crippen LogP contribution in [0.1, 0.15) is 73.1 Å². The molecule has 5 rings (SSSR count). The number of H-pyrrole nitrogens is 1. The van der Waals surface area contributed by atoms with Gasteiger partial charge in [0.15, 0.2) is 0 Å². The molecule has 6 heteroatoms. The second-order valence-corrected chi connectivity index (χ2v) is 9.13. The lowest BCUT2D eigenvalue weighted by Crippen LogP contribution is -2.37. The summed E-state index contributed by atoms with van der Waals surface area (Å²) in [4.78, 5) is 15.6. The number of aromatic nitrogens is 2. The Bertz CT molecular complexity index is 1100. The van der Waals surface area contributed by atoms with E-state index in [-0.39, 0.29) is 18.0 Å². The van der Waals surface area contributed by atoms with Gasteiger partial charge in [0, 0.05) is 22.2 Å². The number of hydrogen-bond donors (Lipinski definition) is 1. The molecule has 1 amide bonds. The number of benzene rings is 2. The van der Waals surface area contributed by atoms with Crippen LogP contribution in [-0.4, -0.2) is 33.7 Å². The lowest BCUT2D eigenvalue weighted by Gasteiger charge is -2.32. The first-order valence-electron chi connectivity index (χ1n) is 11.6. The third-order valence-electron chi connectivity index (χ3n) is 6.58. The summed E-state index contributed by atoms with van der Waals surface area (Å²) in [5.74, 6) is 0.890. The molecule has 1 aromatic heterocycles. The van der Waals surface area contributed by atoms with Crippen molar-refractivity contribution in [3.05, 3.63) is 70.4 Å².